The molecular formula is C118H206O19. The summed E-state index contributed by atoms with van der Waals surface area (Å²) in [5.41, 5.74) is 4.33. The second-order valence-electron chi connectivity index (χ2n) is 35.4. The number of aryl methyl sites for hydroxylation is 2. The second kappa shape index (κ2) is 106. The van der Waals surface area contributed by atoms with Crippen molar-refractivity contribution in [3.63, 3.8) is 0 Å². The van der Waals surface area contributed by atoms with E-state index in [2.05, 4.69) is 131 Å². The van der Waals surface area contributed by atoms with Gasteiger partial charge in [-0.3, -0.25) is 0 Å². The lowest BCUT2D eigenvalue weighted by molar-refractivity contribution is -0.141. The molecule has 792 valence electrons. The van der Waals surface area contributed by atoms with Crippen LogP contribution in [-0.2, 0) is 85.6 Å². The minimum absolute atomic E-state index is 0.0465. The summed E-state index contributed by atoms with van der Waals surface area (Å²) in [6.07, 6.45) is 31.9. The smallest absolute Gasteiger partial charge is 0.333 e. The maximum Gasteiger partial charge on any atom is 0.333 e. The van der Waals surface area contributed by atoms with E-state index < -0.39 is 5.97 Å². The molecule has 4 fully saturated rings. The van der Waals surface area contributed by atoms with Gasteiger partial charge in [0.2, 0.25) is 0 Å². The van der Waals surface area contributed by atoms with E-state index in [1.54, 1.807) is 41.9 Å². The van der Waals surface area contributed by atoms with Gasteiger partial charge in [-0.05, 0) is 211 Å². The van der Waals surface area contributed by atoms with E-state index in [-0.39, 0.29) is 49.8 Å². The quantitative estimate of drug-likeness (QED) is 0.0231. The van der Waals surface area contributed by atoms with Crippen LogP contribution >= 0.6 is 0 Å². The number of ether oxygens (including phenoxy) is 13. The third kappa shape index (κ3) is 99.9. The van der Waals surface area contributed by atoms with Gasteiger partial charge >= 0.3 is 29.8 Å². The maximum atomic E-state index is 11.3. The average molecular weight is 1930 g/mol. The van der Waals surface area contributed by atoms with Crippen molar-refractivity contribution in [2.24, 2.45) is 59.2 Å². The summed E-state index contributed by atoms with van der Waals surface area (Å²) in [5, 5.41) is 8.10. The molecule has 12 unspecified atom stereocenters. The molecule has 4 aliphatic carbocycles. The van der Waals surface area contributed by atoms with Gasteiger partial charge in [0.1, 0.15) is 33.0 Å². The van der Waals surface area contributed by atoms with Gasteiger partial charge in [0.15, 0.2) is 0 Å². The van der Waals surface area contributed by atoms with Gasteiger partial charge in [-0.25, -0.2) is 24.0 Å². The molecule has 0 bridgehead atoms. The summed E-state index contributed by atoms with van der Waals surface area (Å²) in [4.78, 5) is 54.2. The summed E-state index contributed by atoms with van der Waals surface area (Å²) in [6.45, 7) is 72.3. The zero-order chi connectivity index (χ0) is 105. The van der Waals surface area contributed by atoms with Gasteiger partial charge in [-0.2, -0.15) is 0 Å². The first-order valence-corrected chi connectivity index (χ1v) is 51.9. The summed E-state index contributed by atoms with van der Waals surface area (Å²) >= 11 is 0. The van der Waals surface area contributed by atoms with Crippen molar-refractivity contribution in [1.29, 1.82) is 0 Å². The largest absolute Gasteiger partial charge is 0.460 e. The zero-order valence-corrected chi connectivity index (χ0v) is 92.4. The first kappa shape index (κ1) is 143. The van der Waals surface area contributed by atoms with E-state index in [1.165, 1.54) is 127 Å². The highest BCUT2D eigenvalue weighted by atomic mass is 16.6. The Hall–Kier alpha value is -7.43. The average Bonchev–Trinajstić information content (AvgIpc) is 1.88. The Morgan fingerprint density at radius 1 is 0.307 bits per heavy atom. The molecule has 19 heteroatoms. The van der Waals surface area contributed by atoms with Crippen LogP contribution in [0.25, 0.3) is 0 Å². The van der Waals surface area contributed by atoms with Crippen LogP contribution in [0.1, 0.15) is 311 Å². The molecule has 4 saturated carbocycles. The number of aliphatic hydroxyl groups is 1. The van der Waals surface area contributed by atoms with Crippen LogP contribution in [0.2, 0.25) is 0 Å². The van der Waals surface area contributed by atoms with Crippen LogP contribution in [-0.4, -0.2) is 180 Å². The molecule has 12 atom stereocenters. The Morgan fingerprint density at radius 2 is 0.562 bits per heavy atom. The fraction of sp³-hybridized carbons (Fsp3) is 0.669. The number of methoxy groups -OCH3 is 4. The fourth-order valence-corrected chi connectivity index (χ4v) is 15.1. The Morgan fingerprint density at radius 3 is 0.839 bits per heavy atom. The predicted molar refractivity (Wildman–Crippen MR) is 576 cm³/mol. The second-order valence-corrected chi connectivity index (χ2v) is 35.4. The van der Waals surface area contributed by atoms with E-state index in [9.17, 15) is 24.0 Å². The number of esters is 5. The molecule has 0 saturated heterocycles. The van der Waals surface area contributed by atoms with Crippen LogP contribution in [0, 0.1) is 73.0 Å². The van der Waals surface area contributed by atoms with Crippen LogP contribution in [0.5, 0.6) is 0 Å². The summed E-state index contributed by atoms with van der Waals surface area (Å²) in [6, 6.07) is 44.5. The molecule has 0 amide bonds. The highest BCUT2D eigenvalue weighted by Crippen LogP contribution is 2.33. The van der Waals surface area contributed by atoms with Crippen molar-refractivity contribution in [1.82, 2.24) is 0 Å². The molecule has 0 radical (unpaired) electrons. The topological polar surface area (TPSA) is 226 Å². The number of carbonyl (C=O) groups is 5. The first-order valence-electron chi connectivity index (χ1n) is 51.9. The summed E-state index contributed by atoms with van der Waals surface area (Å²) in [5.74, 6) is 5.86. The van der Waals surface area contributed by atoms with Crippen molar-refractivity contribution >= 4 is 29.8 Å². The van der Waals surface area contributed by atoms with E-state index in [0.29, 0.717) is 124 Å². The van der Waals surface area contributed by atoms with Crippen LogP contribution in [0.15, 0.2) is 195 Å². The maximum absolute atomic E-state index is 11.3. The number of benzene rings is 4. The van der Waals surface area contributed by atoms with Crippen molar-refractivity contribution in [2.75, 3.05) is 121 Å². The third-order valence-corrected chi connectivity index (χ3v) is 21.8. The van der Waals surface area contributed by atoms with E-state index in [1.807, 2.05) is 193 Å². The van der Waals surface area contributed by atoms with Crippen LogP contribution in [0.3, 0.4) is 0 Å². The number of hydrogen-bond acceptors (Lipinski definition) is 19. The molecule has 0 spiro atoms. The van der Waals surface area contributed by atoms with Crippen molar-refractivity contribution in [3.8, 4) is 0 Å². The molecule has 0 aromatic heterocycles. The Bertz CT molecular complexity index is 3130. The van der Waals surface area contributed by atoms with Gasteiger partial charge in [0.25, 0.3) is 0 Å². The molecule has 0 heterocycles. The van der Waals surface area contributed by atoms with Gasteiger partial charge in [0.05, 0.1) is 57.5 Å². The monoisotopic (exact) mass is 1930 g/mol. The van der Waals surface area contributed by atoms with E-state index >= 15 is 0 Å². The van der Waals surface area contributed by atoms with Crippen molar-refractivity contribution < 1.29 is 90.7 Å². The molecule has 0 aliphatic heterocycles. The lowest BCUT2D eigenvalue weighted by atomic mass is 9.80. The highest BCUT2D eigenvalue weighted by molar-refractivity contribution is 5.88. The lowest BCUT2D eigenvalue weighted by Crippen LogP contribution is -2.22. The number of carbonyl (C=O) groups excluding carboxylic acids is 5. The number of aliphatic hydroxyl groups excluding tert-OH is 1. The Labute approximate surface area is 840 Å². The summed E-state index contributed by atoms with van der Waals surface area (Å²) in [7, 11) is 7.26. The van der Waals surface area contributed by atoms with E-state index in [4.69, 9.17) is 61.9 Å². The molecule has 137 heavy (non-hydrogen) atoms. The molecule has 8 rings (SSSR count). The van der Waals surface area contributed by atoms with E-state index in [0.717, 1.165) is 86.2 Å². The predicted octanol–water partition coefficient (Wildman–Crippen LogP) is 29.1. The molecule has 4 aliphatic rings. The van der Waals surface area contributed by atoms with Crippen LogP contribution < -0.4 is 0 Å². The Kier molecular flexibility index (Phi) is 110. The molecular weight excluding hydrogens is 1720 g/mol. The molecule has 4 aromatic rings. The Balaban J connectivity index is -0.000000277. The third-order valence-electron chi connectivity index (χ3n) is 21.8. The molecule has 19 nitrogen and oxygen atoms in total. The summed E-state index contributed by atoms with van der Waals surface area (Å²) < 4.78 is 67.6. The molecule has 1 N–H and O–H groups in total. The van der Waals surface area contributed by atoms with Gasteiger partial charge in [0, 0.05) is 83.2 Å². The van der Waals surface area contributed by atoms with Gasteiger partial charge < -0.3 is 66.7 Å². The number of hydrogen-bond donors (Lipinski definition) is 1. The standard InChI is InChI=1S/C20H36O3.C19H34O5.C12H24O2.C12H24.2C8H14O3.2C7H8.2C6H6.C5H8O3.4C2H6/c1-15(2)20(21)23-10-9-22-14-19-8-6-7-16(3)11-17(4)12-18(5)13-19;1-14(2)19(20)24-9-8-23-13-16-6-7-17(21-4)10-15(3)11-18(12-16)22-5;1-10-8-11(13-2)6-4-5-7-12(9-10)14-3;1-10-6-4-5-7-11(2)9-12(3)8-10;2*1-4-10-5-6-11-8(9)7(2)3;2*1-7-5-3-2-4-6-7;2*1-2-4-6-5-3-1;1-2-5(7)8-4-3-6;4*1-2/h16-19H,1,6-14H2,2-5H3;15-18H,1,6-13H2,2-5H3;10-12H,4-9H2,1-3H3;10-12H,4-9H2,1-3H3;2*2,4-6H2,1,3H3;2*2-6H,1H3;2*1-6H;2,6H,1,3-4H2;4*1-2H3. The fourth-order valence-electron chi connectivity index (χ4n) is 15.1. The van der Waals surface area contributed by atoms with Crippen molar-refractivity contribution in [2.45, 2.75) is 338 Å². The van der Waals surface area contributed by atoms with Gasteiger partial charge in [-0.1, -0.05) is 340 Å². The van der Waals surface area contributed by atoms with Crippen LogP contribution in [0.4, 0.5) is 0 Å². The first-order chi connectivity index (χ1) is 65.7. The van der Waals surface area contributed by atoms with Crippen molar-refractivity contribution in [3.05, 3.63) is 206 Å². The highest BCUT2D eigenvalue weighted by Gasteiger charge is 2.26. The SMILES string of the molecule is C=C(C)C(=O)OCCOCC.C=C(C)C(=O)OCCOCC.C=C(C)C(=O)OCCOCC1CCC(OC)CC(C)CC(OC)C1.C=C(C)C(=O)OCCOCC1CCCC(C)CC(C)CC(C)C1.C=CC(=O)OCCO.CC.CC.CC.CC.CC1CCCCC(C)CC(C)C1.COC1CCCCC(OC)CC(C)C1.Cc1ccccc1.Cc1ccccc1.c1ccccc1.c1ccccc1. The minimum atomic E-state index is -0.501. The molecule has 4 aromatic carbocycles. The minimum Gasteiger partial charge on any atom is -0.460 e. The lowest BCUT2D eigenvalue weighted by Gasteiger charge is -2.27. The number of rotatable bonds is 29. The normalized spacial score (nSPS) is 20.9. The van der Waals surface area contributed by atoms with Gasteiger partial charge in [-0.15, -0.1) is 0 Å². The zero-order valence-electron chi connectivity index (χ0n) is 92.4.